The Morgan fingerprint density at radius 3 is 2.46 bits per heavy atom. The number of methoxy groups -OCH3 is 1. The van der Waals surface area contributed by atoms with Gasteiger partial charge in [0.1, 0.15) is 0 Å². The van der Waals surface area contributed by atoms with E-state index in [0.29, 0.717) is 11.5 Å². The fraction of sp³-hybridized carbons (Fsp3) is 0.263. The van der Waals surface area contributed by atoms with Crippen molar-refractivity contribution in [3.05, 3.63) is 59.7 Å². The maximum atomic E-state index is 12.3. The minimum Gasteiger partial charge on any atom is -0.465 e. The third-order valence-electron chi connectivity index (χ3n) is 3.51. The second-order valence-electron chi connectivity index (χ2n) is 5.57. The van der Waals surface area contributed by atoms with Gasteiger partial charge in [-0.1, -0.05) is 44.2 Å². The molecule has 2 aromatic carbocycles. The van der Waals surface area contributed by atoms with E-state index < -0.39 is 5.97 Å². The Labute approximate surface area is 146 Å². The number of thioether (sulfide) groups is 1. The van der Waals surface area contributed by atoms with Crippen LogP contribution in [0.4, 0.5) is 5.69 Å². The molecule has 0 heterocycles. The number of hydrogen-bond donors (Lipinski definition) is 1. The van der Waals surface area contributed by atoms with Gasteiger partial charge in [0, 0.05) is 10.6 Å². The lowest BCUT2D eigenvalue weighted by Gasteiger charge is -2.13. The lowest BCUT2D eigenvalue weighted by Crippen LogP contribution is -2.16. The van der Waals surface area contributed by atoms with E-state index in [1.165, 1.54) is 18.9 Å². The quantitative estimate of drug-likeness (QED) is 0.627. The fourth-order valence-electron chi connectivity index (χ4n) is 2.31. The predicted molar refractivity (Wildman–Crippen MR) is 97.7 cm³/mol. The number of anilines is 1. The lowest BCUT2D eigenvalue weighted by molar-refractivity contribution is -0.113. The van der Waals surface area contributed by atoms with Gasteiger partial charge >= 0.3 is 5.97 Å². The summed E-state index contributed by atoms with van der Waals surface area (Å²) in [7, 11) is 1.35. The molecule has 0 unspecified atom stereocenters. The van der Waals surface area contributed by atoms with E-state index in [1.807, 2.05) is 36.4 Å². The summed E-state index contributed by atoms with van der Waals surface area (Å²) in [5, 5.41) is 2.95. The molecule has 2 rings (SSSR count). The van der Waals surface area contributed by atoms with Crippen molar-refractivity contribution in [1.29, 1.82) is 0 Å². The van der Waals surface area contributed by atoms with Crippen LogP contribution in [0.25, 0.3) is 0 Å². The number of esters is 1. The van der Waals surface area contributed by atoms with Crippen molar-refractivity contribution in [3.63, 3.8) is 0 Å². The zero-order valence-electron chi connectivity index (χ0n) is 14.0. The van der Waals surface area contributed by atoms with Crippen LogP contribution in [0.15, 0.2) is 53.4 Å². The van der Waals surface area contributed by atoms with Crippen LogP contribution in [0.3, 0.4) is 0 Å². The summed E-state index contributed by atoms with van der Waals surface area (Å²) in [5.74, 6) is 0.0473. The molecular formula is C19H21NO3S. The summed E-state index contributed by atoms with van der Waals surface area (Å²) in [4.78, 5) is 24.7. The van der Waals surface area contributed by atoms with Crippen molar-refractivity contribution in [2.24, 2.45) is 0 Å². The molecular weight excluding hydrogens is 322 g/mol. The summed E-state index contributed by atoms with van der Waals surface area (Å²) in [6, 6.07) is 14.9. The van der Waals surface area contributed by atoms with Crippen LogP contribution in [0, 0.1) is 0 Å². The first-order chi connectivity index (χ1) is 11.5. The van der Waals surface area contributed by atoms with Gasteiger partial charge in [0.25, 0.3) is 0 Å². The molecule has 0 aliphatic rings. The van der Waals surface area contributed by atoms with Crippen LogP contribution < -0.4 is 5.32 Å². The fourth-order valence-corrected chi connectivity index (χ4v) is 3.16. The summed E-state index contributed by atoms with van der Waals surface area (Å²) in [6.07, 6.45) is 0. The number of carbonyl (C=O) groups is 2. The molecule has 0 radical (unpaired) electrons. The second-order valence-corrected chi connectivity index (χ2v) is 6.58. The topological polar surface area (TPSA) is 55.4 Å². The average Bonchev–Trinajstić information content (AvgIpc) is 2.59. The first-order valence-corrected chi connectivity index (χ1v) is 8.70. The van der Waals surface area contributed by atoms with Crippen molar-refractivity contribution < 1.29 is 14.3 Å². The number of para-hydroxylation sites is 1. The molecule has 1 amide bonds. The Balaban J connectivity index is 2.04. The zero-order chi connectivity index (χ0) is 17.5. The molecule has 126 valence electrons. The molecule has 24 heavy (non-hydrogen) atoms. The number of hydrogen-bond acceptors (Lipinski definition) is 4. The Bertz CT molecular complexity index is 728. The minimum atomic E-state index is -0.399. The van der Waals surface area contributed by atoms with Crippen molar-refractivity contribution in [1.82, 2.24) is 0 Å². The molecule has 2 aromatic rings. The molecule has 4 nitrogen and oxygen atoms in total. The van der Waals surface area contributed by atoms with Gasteiger partial charge in [0.15, 0.2) is 0 Å². The van der Waals surface area contributed by atoms with Gasteiger partial charge in [-0.25, -0.2) is 4.79 Å². The van der Waals surface area contributed by atoms with Crippen molar-refractivity contribution in [2.75, 3.05) is 18.2 Å². The van der Waals surface area contributed by atoms with Gasteiger partial charge < -0.3 is 10.1 Å². The van der Waals surface area contributed by atoms with Crippen LogP contribution in [0.5, 0.6) is 0 Å². The number of nitrogens with one attached hydrogen (secondary N) is 1. The molecule has 1 N–H and O–H groups in total. The first-order valence-electron chi connectivity index (χ1n) is 7.72. The normalized spacial score (nSPS) is 10.5. The average molecular weight is 343 g/mol. The largest absolute Gasteiger partial charge is 0.465 e. The number of amides is 1. The monoisotopic (exact) mass is 343 g/mol. The van der Waals surface area contributed by atoms with Crippen molar-refractivity contribution in [2.45, 2.75) is 24.7 Å². The van der Waals surface area contributed by atoms with Crippen LogP contribution >= 0.6 is 11.8 Å². The van der Waals surface area contributed by atoms with Crippen LogP contribution in [0.1, 0.15) is 35.7 Å². The third kappa shape index (κ3) is 4.61. The Kier molecular flexibility index (Phi) is 6.44. The molecule has 5 heteroatoms. The van der Waals surface area contributed by atoms with Crippen LogP contribution in [0.2, 0.25) is 0 Å². The van der Waals surface area contributed by atoms with E-state index in [9.17, 15) is 9.59 Å². The maximum Gasteiger partial charge on any atom is 0.338 e. The van der Waals surface area contributed by atoms with E-state index in [-0.39, 0.29) is 11.7 Å². The molecule has 0 atom stereocenters. The lowest BCUT2D eigenvalue weighted by atomic mass is 10.0. The Hall–Kier alpha value is -2.27. The number of carbonyl (C=O) groups excluding carboxylic acids is 2. The minimum absolute atomic E-state index is 0.104. The molecule has 0 fully saturated rings. The standard InChI is InChI=1S/C19H21NO3S/c1-13(2)14-8-4-6-10-16(14)20-18(21)12-24-17-11-7-5-9-15(17)19(22)23-3/h4-11,13H,12H2,1-3H3,(H,20,21). The van der Waals surface area contributed by atoms with Gasteiger partial charge in [-0.05, 0) is 29.7 Å². The van der Waals surface area contributed by atoms with Gasteiger partial charge in [-0.3, -0.25) is 4.79 Å². The highest BCUT2D eigenvalue weighted by Gasteiger charge is 2.14. The van der Waals surface area contributed by atoms with Gasteiger partial charge in [-0.15, -0.1) is 11.8 Å². The smallest absolute Gasteiger partial charge is 0.338 e. The van der Waals surface area contributed by atoms with Gasteiger partial charge in [0.05, 0.1) is 18.4 Å². The highest BCUT2D eigenvalue weighted by molar-refractivity contribution is 8.00. The van der Waals surface area contributed by atoms with Crippen LogP contribution in [-0.2, 0) is 9.53 Å². The number of ether oxygens (including phenoxy) is 1. The van der Waals surface area contributed by atoms with E-state index in [0.717, 1.165) is 16.1 Å². The molecule has 0 spiro atoms. The number of benzene rings is 2. The molecule has 0 aliphatic heterocycles. The second kappa shape index (κ2) is 8.55. The third-order valence-corrected chi connectivity index (χ3v) is 4.58. The number of rotatable bonds is 6. The summed E-state index contributed by atoms with van der Waals surface area (Å²) in [6.45, 7) is 4.18. The Morgan fingerprint density at radius 1 is 1.08 bits per heavy atom. The van der Waals surface area contributed by atoms with E-state index in [1.54, 1.807) is 12.1 Å². The van der Waals surface area contributed by atoms with Gasteiger partial charge in [0.2, 0.25) is 5.91 Å². The molecule has 0 aliphatic carbocycles. The molecule has 0 bridgehead atoms. The summed E-state index contributed by atoms with van der Waals surface area (Å²) < 4.78 is 4.77. The first kappa shape index (κ1) is 18.1. The van der Waals surface area contributed by atoms with E-state index in [4.69, 9.17) is 4.74 Å². The maximum absolute atomic E-state index is 12.3. The highest BCUT2D eigenvalue weighted by Crippen LogP contribution is 2.26. The van der Waals surface area contributed by atoms with E-state index >= 15 is 0 Å². The van der Waals surface area contributed by atoms with Crippen LogP contribution in [-0.4, -0.2) is 24.7 Å². The zero-order valence-corrected chi connectivity index (χ0v) is 14.9. The SMILES string of the molecule is COC(=O)c1ccccc1SCC(=O)Nc1ccccc1C(C)C. The highest BCUT2D eigenvalue weighted by atomic mass is 32.2. The van der Waals surface area contributed by atoms with Crippen molar-refractivity contribution in [3.8, 4) is 0 Å². The predicted octanol–water partition coefficient (Wildman–Crippen LogP) is 4.33. The molecule has 0 saturated carbocycles. The summed E-state index contributed by atoms with van der Waals surface area (Å²) in [5.41, 5.74) is 2.41. The summed E-state index contributed by atoms with van der Waals surface area (Å²) >= 11 is 1.32. The molecule has 0 saturated heterocycles. The van der Waals surface area contributed by atoms with Gasteiger partial charge in [-0.2, -0.15) is 0 Å². The van der Waals surface area contributed by atoms with Crippen molar-refractivity contribution >= 4 is 29.3 Å². The Morgan fingerprint density at radius 2 is 1.75 bits per heavy atom. The molecule has 0 aromatic heterocycles. The van der Waals surface area contributed by atoms with E-state index in [2.05, 4.69) is 19.2 Å².